The Morgan fingerprint density at radius 2 is 1.91 bits per heavy atom. The van der Waals surface area contributed by atoms with Crippen molar-refractivity contribution in [3.8, 4) is 22.9 Å². The second-order valence-electron chi connectivity index (χ2n) is 8.14. The van der Waals surface area contributed by atoms with Crippen molar-refractivity contribution in [2.75, 3.05) is 0 Å². The van der Waals surface area contributed by atoms with E-state index in [1.54, 1.807) is 18.5 Å². The van der Waals surface area contributed by atoms with Crippen molar-refractivity contribution in [2.45, 2.75) is 33.1 Å². The average molecular weight is 441 g/mol. The zero-order valence-electron chi connectivity index (χ0n) is 18.2. The number of nitrogens with zero attached hydrogens (tertiary/aromatic N) is 7. The molecule has 8 nitrogen and oxygen atoms in total. The van der Waals surface area contributed by atoms with Crippen LogP contribution >= 0.6 is 0 Å². The minimum atomic E-state index is -0.259. The lowest BCUT2D eigenvalue weighted by atomic mass is 10.1. The largest absolute Gasteiger partial charge is 0.339 e. The van der Waals surface area contributed by atoms with Gasteiger partial charge in [0.05, 0.1) is 28.5 Å². The lowest BCUT2D eigenvalue weighted by Gasteiger charge is -2.10. The Morgan fingerprint density at radius 3 is 2.70 bits per heavy atom. The highest BCUT2D eigenvalue weighted by molar-refractivity contribution is 5.62. The SMILES string of the molecule is CCc1nc(-c2ncn3c2Cc2c(Cc4ccc(F)cc4)nnn2-c2cc(C)ccc2-3)no1. The average Bonchev–Trinajstić information content (AvgIpc) is 3.53. The molecule has 1 aliphatic rings. The lowest BCUT2D eigenvalue weighted by molar-refractivity contribution is 0.382. The maximum atomic E-state index is 13.4. The maximum absolute atomic E-state index is 13.4. The van der Waals surface area contributed by atoms with Gasteiger partial charge in [-0.15, -0.1) is 5.10 Å². The summed E-state index contributed by atoms with van der Waals surface area (Å²) in [5.74, 6) is 0.778. The zero-order valence-corrected chi connectivity index (χ0v) is 18.2. The summed E-state index contributed by atoms with van der Waals surface area (Å²) in [6.45, 7) is 4.02. The molecule has 164 valence electrons. The Kier molecular flexibility index (Phi) is 4.42. The van der Waals surface area contributed by atoms with E-state index in [-0.39, 0.29) is 5.82 Å². The van der Waals surface area contributed by atoms with E-state index in [4.69, 9.17) is 4.52 Å². The molecule has 5 aromatic rings. The molecule has 9 heteroatoms. The van der Waals surface area contributed by atoms with Crippen molar-refractivity contribution in [3.63, 3.8) is 0 Å². The summed E-state index contributed by atoms with van der Waals surface area (Å²) in [6, 6.07) is 12.7. The fraction of sp³-hybridized carbons (Fsp3) is 0.208. The van der Waals surface area contributed by atoms with Crippen molar-refractivity contribution < 1.29 is 8.91 Å². The summed E-state index contributed by atoms with van der Waals surface area (Å²) in [6.07, 6.45) is 3.52. The Balaban J connectivity index is 1.53. The number of halogens is 1. The summed E-state index contributed by atoms with van der Waals surface area (Å²) in [5, 5.41) is 13.2. The number of hydrogen-bond acceptors (Lipinski definition) is 6. The fourth-order valence-electron chi connectivity index (χ4n) is 4.23. The Morgan fingerprint density at radius 1 is 1.06 bits per heavy atom. The quantitative estimate of drug-likeness (QED) is 0.411. The van der Waals surface area contributed by atoms with Crippen LogP contribution in [-0.4, -0.2) is 34.7 Å². The normalized spacial score (nSPS) is 12.2. The van der Waals surface area contributed by atoms with Gasteiger partial charge in [-0.2, -0.15) is 4.98 Å². The number of rotatable bonds is 4. The summed E-state index contributed by atoms with van der Waals surface area (Å²) in [4.78, 5) is 9.14. The van der Waals surface area contributed by atoms with Gasteiger partial charge >= 0.3 is 0 Å². The van der Waals surface area contributed by atoms with E-state index in [0.717, 1.165) is 39.6 Å². The standard InChI is InChI=1S/C24H20FN7O/c1-3-22-27-24(29-33-22)23-21-12-19-17(11-15-5-7-16(25)8-6-15)28-30-32(19)20-10-14(2)4-9-18(20)31(21)13-26-23/h4-10,13H,3,11-12H2,1-2H3. The molecule has 0 atom stereocenters. The summed E-state index contributed by atoms with van der Waals surface area (Å²) in [5.41, 5.74) is 7.34. The molecule has 0 saturated heterocycles. The molecule has 0 spiro atoms. The van der Waals surface area contributed by atoms with Crippen LogP contribution in [0.1, 0.15) is 41.0 Å². The molecule has 0 amide bonds. The van der Waals surface area contributed by atoms with E-state index < -0.39 is 0 Å². The van der Waals surface area contributed by atoms with Crippen molar-refractivity contribution in [1.82, 2.24) is 34.7 Å². The molecule has 4 heterocycles. The minimum absolute atomic E-state index is 0.259. The molecule has 1 aliphatic heterocycles. The smallest absolute Gasteiger partial charge is 0.226 e. The Hall–Kier alpha value is -4.14. The number of imidazole rings is 1. The van der Waals surface area contributed by atoms with E-state index in [0.29, 0.717) is 36.7 Å². The molecule has 0 bridgehead atoms. The first-order chi connectivity index (χ1) is 16.1. The van der Waals surface area contributed by atoms with Crippen molar-refractivity contribution in [3.05, 3.63) is 88.7 Å². The van der Waals surface area contributed by atoms with E-state index in [1.165, 1.54) is 12.1 Å². The van der Waals surface area contributed by atoms with Gasteiger partial charge in [0.15, 0.2) is 0 Å². The third-order valence-corrected chi connectivity index (χ3v) is 5.93. The van der Waals surface area contributed by atoms with Gasteiger partial charge in [0.1, 0.15) is 17.8 Å². The zero-order chi connectivity index (χ0) is 22.5. The van der Waals surface area contributed by atoms with Gasteiger partial charge in [0, 0.05) is 19.3 Å². The predicted molar refractivity (Wildman–Crippen MR) is 118 cm³/mol. The van der Waals surface area contributed by atoms with Gasteiger partial charge in [0.2, 0.25) is 11.7 Å². The highest BCUT2D eigenvalue weighted by Crippen LogP contribution is 2.33. The van der Waals surface area contributed by atoms with Crippen LogP contribution in [0.15, 0.2) is 53.3 Å². The van der Waals surface area contributed by atoms with Gasteiger partial charge < -0.3 is 4.52 Å². The molecule has 0 aliphatic carbocycles. The molecule has 3 aromatic heterocycles. The van der Waals surface area contributed by atoms with Crippen molar-refractivity contribution in [1.29, 1.82) is 0 Å². The first kappa shape index (κ1) is 19.5. The van der Waals surface area contributed by atoms with E-state index in [1.807, 2.05) is 18.5 Å². The summed E-state index contributed by atoms with van der Waals surface area (Å²) in [7, 11) is 0. The van der Waals surface area contributed by atoms with Gasteiger partial charge in [-0.1, -0.05) is 35.5 Å². The fourth-order valence-corrected chi connectivity index (χ4v) is 4.23. The van der Waals surface area contributed by atoms with Crippen LogP contribution in [-0.2, 0) is 19.3 Å². The van der Waals surface area contributed by atoms with Crippen LogP contribution in [0.25, 0.3) is 22.9 Å². The maximum Gasteiger partial charge on any atom is 0.226 e. The topological polar surface area (TPSA) is 87.5 Å². The monoisotopic (exact) mass is 441 g/mol. The van der Waals surface area contributed by atoms with E-state index in [2.05, 4.69) is 48.2 Å². The van der Waals surface area contributed by atoms with Crippen LogP contribution in [0, 0.1) is 12.7 Å². The molecular weight excluding hydrogens is 421 g/mol. The van der Waals surface area contributed by atoms with Crippen molar-refractivity contribution in [2.24, 2.45) is 0 Å². The van der Waals surface area contributed by atoms with Crippen LogP contribution < -0.4 is 0 Å². The summed E-state index contributed by atoms with van der Waals surface area (Å²) < 4.78 is 22.7. The first-order valence-electron chi connectivity index (χ1n) is 10.8. The Bertz CT molecular complexity index is 1480. The van der Waals surface area contributed by atoms with Gasteiger partial charge in [-0.05, 0) is 42.3 Å². The van der Waals surface area contributed by atoms with Gasteiger partial charge in [-0.3, -0.25) is 4.57 Å². The second-order valence-corrected chi connectivity index (χ2v) is 8.14. The van der Waals surface area contributed by atoms with Crippen LogP contribution in [0.2, 0.25) is 0 Å². The van der Waals surface area contributed by atoms with Crippen LogP contribution in [0.4, 0.5) is 4.39 Å². The number of fused-ring (bicyclic) bond motifs is 5. The minimum Gasteiger partial charge on any atom is -0.339 e. The molecule has 6 rings (SSSR count). The molecular formula is C24H20FN7O. The molecule has 33 heavy (non-hydrogen) atoms. The van der Waals surface area contributed by atoms with Gasteiger partial charge in [0.25, 0.3) is 0 Å². The summed E-state index contributed by atoms with van der Waals surface area (Å²) >= 11 is 0. The highest BCUT2D eigenvalue weighted by Gasteiger charge is 2.28. The van der Waals surface area contributed by atoms with Crippen LogP contribution in [0.5, 0.6) is 0 Å². The molecule has 0 radical (unpaired) electrons. The van der Waals surface area contributed by atoms with Gasteiger partial charge in [-0.25, -0.2) is 14.1 Å². The number of aromatic nitrogens is 7. The molecule has 0 unspecified atom stereocenters. The molecule has 0 N–H and O–H groups in total. The number of benzene rings is 2. The number of hydrogen-bond donors (Lipinski definition) is 0. The number of aryl methyl sites for hydroxylation is 2. The van der Waals surface area contributed by atoms with E-state index >= 15 is 0 Å². The lowest BCUT2D eigenvalue weighted by Crippen LogP contribution is -2.04. The highest BCUT2D eigenvalue weighted by atomic mass is 19.1. The molecule has 0 fully saturated rings. The van der Waals surface area contributed by atoms with Crippen molar-refractivity contribution >= 4 is 0 Å². The van der Waals surface area contributed by atoms with E-state index in [9.17, 15) is 4.39 Å². The third kappa shape index (κ3) is 3.24. The second kappa shape index (κ2) is 7.47. The van der Waals surface area contributed by atoms with Crippen LogP contribution in [0.3, 0.4) is 0 Å². The third-order valence-electron chi connectivity index (χ3n) is 5.93. The Labute approximate surface area is 188 Å². The first-order valence-corrected chi connectivity index (χ1v) is 10.8. The molecule has 2 aromatic carbocycles. The molecule has 0 saturated carbocycles. The predicted octanol–water partition coefficient (Wildman–Crippen LogP) is 4.01.